The van der Waals surface area contributed by atoms with E-state index in [1.165, 1.54) is 42.3 Å². The van der Waals surface area contributed by atoms with Crippen molar-refractivity contribution in [3.63, 3.8) is 0 Å². The van der Waals surface area contributed by atoms with Gasteiger partial charge in [-0.3, -0.25) is 19.9 Å². The molecule has 2 N–H and O–H groups in total. The molecule has 3 heterocycles. The number of nitrogens with one attached hydrogen (secondary N) is 1. The Morgan fingerprint density at radius 3 is 2.96 bits per heavy atom. The number of hydrogen-bond acceptors (Lipinski definition) is 6. The van der Waals surface area contributed by atoms with E-state index in [2.05, 4.69) is 4.99 Å². The summed E-state index contributed by atoms with van der Waals surface area (Å²) in [5.41, 5.74) is 0.819. The number of nitrogens with zero attached hydrogens (tertiary/aromatic N) is 2. The maximum Gasteiger partial charge on any atom is 0.283 e. The molecule has 0 aliphatic carbocycles. The number of amides is 1. The zero-order chi connectivity index (χ0) is 17.7. The van der Waals surface area contributed by atoms with E-state index in [1.807, 2.05) is 6.92 Å². The first kappa shape index (κ1) is 15.4. The number of hydrogen-bond donors (Lipinski definition) is 2. The third-order valence-corrected chi connectivity index (χ3v) is 4.81. The van der Waals surface area contributed by atoms with E-state index in [9.17, 15) is 14.7 Å². The minimum absolute atomic E-state index is 0.00537. The van der Waals surface area contributed by atoms with Gasteiger partial charge in [-0.25, -0.2) is 0 Å². The number of rotatable bonds is 1. The van der Waals surface area contributed by atoms with E-state index in [4.69, 9.17) is 9.83 Å². The van der Waals surface area contributed by atoms with E-state index >= 15 is 0 Å². The number of aliphatic imine (C=N–C) groups is 1. The van der Waals surface area contributed by atoms with Crippen molar-refractivity contribution in [2.75, 3.05) is 0 Å². The third kappa shape index (κ3) is 2.38. The van der Waals surface area contributed by atoms with E-state index in [-0.39, 0.29) is 28.1 Å². The molecule has 0 saturated heterocycles. The van der Waals surface area contributed by atoms with Crippen molar-refractivity contribution in [1.29, 1.82) is 5.41 Å². The van der Waals surface area contributed by atoms with Gasteiger partial charge in [0.05, 0.1) is 16.5 Å². The molecule has 7 nitrogen and oxygen atoms in total. The molecule has 0 saturated carbocycles. The Labute approximate surface area is 145 Å². The molecule has 8 heteroatoms. The van der Waals surface area contributed by atoms with Gasteiger partial charge in [0.15, 0.2) is 10.6 Å². The highest BCUT2D eigenvalue weighted by Gasteiger charge is 2.34. The minimum atomic E-state index is -0.581. The summed E-state index contributed by atoms with van der Waals surface area (Å²) in [4.78, 5) is 30.4. The van der Waals surface area contributed by atoms with Gasteiger partial charge in [-0.15, -0.1) is 0 Å². The smallest absolute Gasteiger partial charge is 0.283 e. The second-order valence-electron chi connectivity index (χ2n) is 5.52. The number of carbonyl (C=O) groups is 1. The van der Waals surface area contributed by atoms with Crippen LogP contribution in [-0.2, 0) is 4.79 Å². The van der Waals surface area contributed by atoms with Gasteiger partial charge in [-0.1, -0.05) is 11.8 Å². The van der Waals surface area contributed by atoms with Gasteiger partial charge in [0.25, 0.3) is 5.91 Å². The first-order valence-corrected chi connectivity index (χ1v) is 8.15. The SMILES string of the molecule is CC1=CSC2=NC(=O)/C(=C\c3coc4ccc(O)cc4c3=O)C(=N)N12. The lowest BCUT2D eigenvalue weighted by Crippen LogP contribution is -2.38. The highest BCUT2D eigenvalue weighted by atomic mass is 32.2. The predicted octanol–water partition coefficient (Wildman–Crippen LogP) is 2.67. The molecule has 4 rings (SSSR count). The van der Waals surface area contributed by atoms with Gasteiger partial charge < -0.3 is 9.52 Å². The summed E-state index contributed by atoms with van der Waals surface area (Å²) in [5, 5.41) is 20.3. The minimum Gasteiger partial charge on any atom is -0.508 e. The van der Waals surface area contributed by atoms with Crippen LogP contribution < -0.4 is 5.43 Å². The zero-order valence-corrected chi connectivity index (χ0v) is 13.8. The summed E-state index contributed by atoms with van der Waals surface area (Å²) < 4.78 is 5.40. The largest absolute Gasteiger partial charge is 0.508 e. The number of phenolic OH excluding ortho intramolecular Hbond substituents is 1. The molecule has 0 unspecified atom stereocenters. The van der Waals surface area contributed by atoms with Crippen molar-refractivity contribution in [2.24, 2.45) is 4.99 Å². The molecule has 0 spiro atoms. The Morgan fingerprint density at radius 1 is 1.36 bits per heavy atom. The van der Waals surface area contributed by atoms with E-state index in [0.717, 1.165) is 5.70 Å². The molecule has 2 aliphatic heterocycles. The molecular formula is C17H11N3O4S. The molecule has 0 bridgehead atoms. The van der Waals surface area contributed by atoms with E-state index in [1.54, 1.807) is 10.3 Å². The van der Waals surface area contributed by atoms with Gasteiger partial charge >= 0.3 is 0 Å². The van der Waals surface area contributed by atoms with Crippen molar-refractivity contribution < 1.29 is 14.3 Å². The highest BCUT2D eigenvalue weighted by molar-refractivity contribution is 8.16. The Morgan fingerprint density at radius 2 is 2.16 bits per heavy atom. The van der Waals surface area contributed by atoms with Crippen LogP contribution in [0.1, 0.15) is 12.5 Å². The Kier molecular flexibility index (Phi) is 3.36. The topological polar surface area (TPSA) is 107 Å². The molecule has 1 aromatic carbocycles. The van der Waals surface area contributed by atoms with Crippen LogP contribution in [-0.4, -0.2) is 26.9 Å². The van der Waals surface area contributed by atoms with Gasteiger partial charge in [0, 0.05) is 5.70 Å². The Balaban J connectivity index is 1.86. The van der Waals surface area contributed by atoms with Crippen LogP contribution in [0.2, 0.25) is 0 Å². The fourth-order valence-corrected chi connectivity index (χ4v) is 3.49. The Bertz CT molecular complexity index is 1110. The van der Waals surface area contributed by atoms with Crippen LogP contribution >= 0.6 is 11.8 Å². The van der Waals surface area contributed by atoms with Crippen LogP contribution in [0.3, 0.4) is 0 Å². The molecule has 1 aromatic heterocycles. The predicted molar refractivity (Wildman–Crippen MR) is 95.5 cm³/mol. The summed E-state index contributed by atoms with van der Waals surface area (Å²) >= 11 is 1.27. The number of amidine groups is 2. The number of thioether (sulfide) groups is 1. The van der Waals surface area contributed by atoms with Crippen molar-refractivity contribution in [1.82, 2.24) is 4.90 Å². The standard InChI is InChI=1S/C17H11N3O4S/c1-8-7-25-17-19-16(23)12(15(18)20(8)17)4-9-6-24-13-3-2-10(21)5-11(13)14(9)22/h2-7,18,21H,1H3/b12-4-,18-15?. The highest BCUT2D eigenvalue weighted by Crippen LogP contribution is 2.31. The quantitative estimate of drug-likeness (QED) is 0.763. The maximum absolute atomic E-state index is 12.6. The lowest BCUT2D eigenvalue weighted by Gasteiger charge is -2.25. The molecule has 1 amide bonds. The van der Waals surface area contributed by atoms with Crippen molar-refractivity contribution in [3.05, 3.63) is 56.9 Å². The zero-order valence-electron chi connectivity index (χ0n) is 12.9. The molecule has 2 aromatic rings. The van der Waals surface area contributed by atoms with Crippen LogP contribution in [0.25, 0.3) is 17.0 Å². The fourth-order valence-electron chi connectivity index (χ4n) is 2.63. The number of carbonyl (C=O) groups excluding carboxylic acids is 1. The van der Waals surface area contributed by atoms with E-state index in [0.29, 0.717) is 10.8 Å². The van der Waals surface area contributed by atoms with Crippen LogP contribution in [0, 0.1) is 5.41 Å². The second kappa shape index (κ2) is 5.45. The summed E-state index contributed by atoms with van der Waals surface area (Å²) in [7, 11) is 0. The van der Waals surface area contributed by atoms with Gasteiger partial charge in [0.2, 0.25) is 0 Å². The summed E-state index contributed by atoms with van der Waals surface area (Å²) in [6, 6.07) is 4.21. The summed E-state index contributed by atoms with van der Waals surface area (Å²) in [6.45, 7) is 1.81. The average molecular weight is 353 g/mol. The number of allylic oxidation sites excluding steroid dienone is 1. The molecule has 0 fully saturated rings. The molecule has 0 atom stereocenters. The molecule has 124 valence electrons. The first-order chi connectivity index (χ1) is 12.0. The van der Waals surface area contributed by atoms with Crippen LogP contribution in [0.5, 0.6) is 5.75 Å². The first-order valence-electron chi connectivity index (χ1n) is 7.27. The lowest BCUT2D eigenvalue weighted by atomic mass is 10.1. The third-order valence-electron chi connectivity index (χ3n) is 3.87. The summed E-state index contributed by atoms with van der Waals surface area (Å²) in [5.74, 6) is -0.679. The molecule has 25 heavy (non-hydrogen) atoms. The lowest BCUT2D eigenvalue weighted by molar-refractivity contribution is -0.114. The number of benzene rings is 1. The normalized spacial score (nSPS) is 18.6. The monoisotopic (exact) mass is 353 g/mol. The van der Waals surface area contributed by atoms with Crippen molar-refractivity contribution in [2.45, 2.75) is 6.92 Å². The van der Waals surface area contributed by atoms with Crippen molar-refractivity contribution in [3.8, 4) is 5.75 Å². The van der Waals surface area contributed by atoms with Gasteiger partial charge in [0.1, 0.15) is 23.4 Å². The molecule has 2 aliphatic rings. The van der Waals surface area contributed by atoms with Gasteiger partial charge in [-0.05, 0) is 36.6 Å². The summed E-state index contributed by atoms with van der Waals surface area (Å²) in [6.07, 6.45) is 2.53. The fraction of sp³-hybridized carbons (Fsp3) is 0.0588. The number of aromatic hydroxyl groups is 1. The van der Waals surface area contributed by atoms with Crippen LogP contribution in [0.4, 0.5) is 0 Å². The van der Waals surface area contributed by atoms with Crippen molar-refractivity contribution >= 4 is 45.7 Å². The number of fused-ring (bicyclic) bond motifs is 2. The van der Waals surface area contributed by atoms with Crippen LogP contribution in [0.15, 0.2) is 55.3 Å². The second-order valence-corrected chi connectivity index (χ2v) is 6.36. The molecule has 0 radical (unpaired) electrons. The molecular weight excluding hydrogens is 342 g/mol. The Hall–Kier alpha value is -3.13. The average Bonchev–Trinajstić information content (AvgIpc) is 2.94. The van der Waals surface area contributed by atoms with Gasteiger partial charge in [-0.2, -0.15) is 4.99 Å². The maximum atomic E-state index is 12.6. The number of phenols is 1. The van der Waals surface area contributed by atoms with E-state index < -0.39 is 11.3 Å².